The largest absolute Gasteiger partial charge is 0.467 e. The maximum absolute atomic E-state index is 12.2. The molecule has 4 nitrogen and oxygen atoms in total. The predicted octanol–water partition coefficient (Wildman–Crippen LogP) is 3.42. The molecule has 0 aliphatic heterocycles. The van der Waals surface area contributed by atoms with Gasteiger partial charge in [-0.05, 0) is 30.5 Å². The van der Waals surface area contributed by atoms with Crippen molar-refractivity contribution in [1.29, 1.82) is 0 Å². The summed E-state index contributed by atoms with van der Waals surface area (Å²) in [6.07, 6.45) is 0.514. The Morgan fingerprint density at radius 3 is 2.50 bits per heavy atom. The number of carbonyl (C=O) groups is 2. The molecule has 0 spiro atoms. The second kappa shape index (κ2) is 7.64. The topological polar surface area (TPSA) is 55.4 Å². The molecule has 20 heavy (non-hydrogen) atoms. The highest BCUT2D eigenvalue weighted by Crippen LogP contribution is 2.20. The van der Waals surface area contributed by atoms with Crippen LogP contribution in [0.15, 0.2) is 22.7 Å². The quantitative estimate of drug-likeness (QED) is 0.817. The van der Waals surface area contributed by atoms with E-state index in [0.29, 0.717) is 21.5 Å². The molecule has 1 rings (SSSR count). The molecule has 0 aliphatic carbocycles. The van der Waals surface area contributed by atoms with E-state index in [1.54, 1.807) is 18.2 Å². The zero-order valence-electron chi connectivity index (χ0n) is 11.6. The van der Waals surface area contributed by atoms with Crippen LogP contribution in [0.4, 0.5) is 0 Å². The Kier molecular flexibility index (Phi) is 6.49. The number of benzene rings is 1. The standard InChI is InChI=1S/C14H17BrClNO3/c1-8(2)4-12(14(19)20-3)17-13(18)9-5-10(15)7-11(16)6-9/h5-8,12H,4H2,1-3H3,(H,17,18). The number of halogens is 2. The number of methoxy groups -OCH3 is 1. The van der Waals surface area contributed by atoms with Gasteiger partial charge in [0.1, 0.15) is 6.04 Å². The van der Waals surface area contributed by atoms with Crippen molar-refractivity contribution in [3.8, 4) is 0 Å². The van der Waals surface area contributed by atoms with Crippen molar-refractivity contribution in [3.63, 3.8) is 0 Å². The summed E-state index contributed by atoms with van der Waals surface area (Å²) in [7, 11) is 1.30. The summed E-state index contributed by atoms with van der Waals surface area (Å²) in [4.78, 5) is 23.8. The Hall–Kier alpha value is -1.07. The minimum Gasteiger partial charge on any atom is -0.467 e. The molecule has 1 unspecified atom stereocenters. The Morgan fingerprint density at radius 2 is 2.00 bits per heavy atom. The molecule has 1 atom stereocenters. The van der Waals surface area contributed by atoms with Crippen molar-refractivity contribution in [2.75, 3.05) is 7.11 Å². The number of ether oxygens (including phenoxy) is 1. The second-order valence-electron chi connectivity index (χ2n) is 4.84. The van der Waals surface area contributed by atoms with Crippen LogP contribution in [0.1, 0.15) is 30.6 Å². The van der Waals surface area contributed by atoms with Gasteiger partial charge in [0.25, 0.3) is 5.91 Å². The molecule has 0 heterocycles. The van der Waals surface area contributed by atoms with Crippen LogP contribution in [0, 0.1) is 5.92 Å². The number of esters is 1. The van der Waals surface area contributed by atoms with Gasteiger partial charge in [0.05, 0.1) is 7.11 Å². The van der Waals surface area contributed by atoms with E-state index in [-0.39, 0.29) is 11.8 Å². The highest BCUT2D eigenvalue weighted by molar-refractivity contribution is 9.10. The van der Waals surface area contributed by atoms with Gasteiger partial charge in [-0.1, -0.05) is 41.4 Å². The lowest BCUT2D eigenvalue weighted by molar-refractivity contribution is -0.143. The minimum atomic E-state index is -0.662. The lowest BCUT2D eigenvalue weighted by atomic mass is 10.0. The molecule has 0 saturated heterocycles. The van der Waals surface area contributed by atoms with Crippen molar-refractivity contribution >= 4 is 39.4 Å². The molecule has 1 N–H and O–H groups in total. The van der Waals surface area contributed by atoms with E-state index < -0.39 is 12.0 Å². The number of amides is 1. The Bertz CT molecular complexity index is 485. The van der Waals surface area contributed by atoms with Gasteiger partial charge in [-0.3, -0.25) is 4.79 Å². The van der Waals surface area contributed by atoms with E-state index in [1.807, 2.05) is 13.8 Å². The maximum Gasteiger partial charge on any atom is 0.328 e. The molecule has 110 valence electrons. The van der Waals surface area contributed by atoms with Crippen LogP contribution in [-0.2, 0) is 9.53 Å². The molecule has 0 bridgehead atoms. The average Bonchev–Trinajstić information content (AvgIpc) is 2.35. The van der Waals surface area contributed by atoms with Crippen LogP contribution in [0.3, 0.4) is 0 Å². The molecule has 6 heteroatoms. The van der Waals surface area contributed by atoms with Crippen LogP contribution in [0.25, 0.3) is 0 Å². The van der Waals surface area contributed by atoms with Gasteiger partial charge >= 0.3 is 5.97 Å². The molecule has 0 fully saturated rings. The third-order valence-electron chi connectivity index (χ3n) is 2.62. The zero-order valence-corrected chi connectivity index (χ0v) is 13.9. The van der Waals surface area contributed by atoms with Crippen LogP contribution >= 0.6 is 27.5 Å². The van der Waals surface area contributed by atoms with Crippen LogP contribution in [0.2, 0.25) is 5.02 Å². The third kappa shape index (κ3) is 5.13. The van der Waals surface area contributed by atoms with E-state index in [0.717, 1.165) is 0 Å². The van der Waals surface area contributed by atoms with Crippen LogP contribution < -0.4 is 5.32 Å². The maximum atomic E-state index is 12.2. The van der Waals surface area contributed by atoms with Gasteiger partial charge in [-0.2, -0.15) is 0 Å². The van der Waals surface area contributed by atoms with Crippen molar-refractivity contribution in [1.82, 2.24) is 5.32 Å². The summed E-state index contributed by atoms with van der Waals surface area (Å²) >= 11 is 9.18. The first-order valence-corrected chi connectivity index (χ1v) is 7.35. The minimum absolute atomic E-state index is 0.255. The Morgan fingerprint density at radius 1 is 1.35 bits per heavy atom. The van der Waals surface area contributed by atoms with Crippen LogP contribution in [-0.4, -0.2) is 25.0 Å². The van der Waals surface area contributed by atoms with Gasteiger partial charge < -0.3 is 10.1 Å². The van der Waals surface area contributed by atoms with Gasteiger partial charge in [0.15, 0.2) is 0 Å². The fourth-order valence-electron chi connectivity index (χ4n) is 1.75. The highest BCUT2D eigenvalue weighted by atomic mass is 79.9. The molecule has 0 aliphatic rings. The molecular formula is C14H17BrClNO3. The fraction of sp³-hybridized carbons (Fsp3) is 0.429. The summed E-state index contributed by atoms with van der Waals surface area (Å²) < 4.78 is 5.41. The summed E-state index contributed by atoms with van der Waals surface area (Å²) in [5, 5.41) is 3.12. The van der Waals surface area contributed by atoms with E-state index in [4.69, 9.17) is 16.3 Å². The first-order chi connectivity index (χ1) is 9.33. The summed E-state index contributed by atoms with van der Waals surface area (Å²) in [6, 6.07) is 4.21. The fourth-order valence-corrected chi connectivity index (χ4v) is 2.61. The molecule has 0 saturated carbocycles. The second-order valence-corrected chi connectivity index (χ2v) is 6.19. The number of rotatable bonds is 5. The number of carbonyl (C=O) groups excluding carboxylic acids is 2. The third-order valence-corrected chi connectivity index (χ3v) is 3.30. The monoisotopic (exact) mass is 361 g/mol. The number of hydrogen-bond donors (Lipinski definition) is 1. The number of nitrogens with one attached hydrogen (secondary N) is 1. The summed E-state index contributed by atoms with van der Waals surface area (Å²) in [6.45, 7) is 3.94. The van der Waals surface area contributed by atoms with Crippen molar-refractivity contribution < 1.29 is 14.3 Å². The van der Waals surface area contributed by atoms with Crippen molar-refractivity contribution in [2.45, 2.75) is 26.3 Å². The Labute approximate surface area is 132 Å². The zero-order chi connectivity index (χ0) is 15.3. The van der Waals surface area contributed by atoms with Gasteiger partial charge in [-0.25, -0.2) is 4.79 Å². The molecule has 1 amide bonds. The normalized spacial score (nSPS) is 12.1. The van der Waals surface area contributed by atoms with Crippen molar-refractivity contribution in [2.24, 2.45) is 5.92 Å². The van der Waals surface area contributed by atoms with E-state index in [9.17, 15) is 9.59 Å². The lowest BCUT2D eigenvalue weighted by Gasteiger charge is -2.18. The summed E-state index contributed by atoms with van der Waals surface area (Å²) in [5.74, 6) is -0.553. The Balaban J connectivity index is 2.87. The van der Waals surface area contributed by atoms with Crippen molar-refractivity contribution in [3.05, 3.63) is 33.3 Å². The SMILES string of the molecule is COC(=O)C(CC(C)C)NC(=O)c1cc(Cl)cc(Br)c1. The lowest BCUT2D eigenvalue weighted by Crippen LogP contribution is -2.42. The molecule has 0 radical (unpaired) electrons. The van der Waals surface area contributed by atoms with Gasteiger partial charge in [-0.15, -0.1) is 0 Å². The van der Waals surface area contributed by atoms with Crippen LogP contribution in [0.5, 0.6) is 0 Å². The van der Waals surface area contributed by atoms with Gasteiger partial charge in [0.2, 0.25) is 0 Å². The first kappa shape index (κ1) is 17.0. The van der Waals surface area contributed by atoms with E-state index >= 15 is 0 Å². The first-order valence-electron chi connectivity index (χ1n) is 6.18. The smallest absolute Gasteiger partial charge is 0.328 e. The van der Waals surface area contributed by atoms with E-state index in [1.165, 1.54) is 7.11 Å². The average molecular weight is 363 g/mol. The van der Waals surface area contributed by atoms with E-state index in [2.05, 4.69) is 21.2 Å². The molecular weight excluding hydrogens is 346 g/mol. The number of hydrogen-bond acceptors (Lipinski definition) is 3. The molecule has 0 aromatic heterocycles. The van der Waals surface area contributed by atoms with Gasteiger partial charge in [0, 0.05) is 15.1 Å². The summed E-state index contributed by atoms with van der Waals surface area (Å²) in [5.41, 5.74) is 0.391. The highest BCUT2D eigenvalue weighted by Gasteiger charge is 2.23. The predicted molar refractivity (Wildman–Crippen MR) is 81.9 cm³/mol. The molecule has 1 aromatic carbocycles. The molecule has 1 aromatic rings.